The number of benzene rings is 1. The van der Waals surface area contributed by atoms with E-state index in [0.717, 1.165) is 38.6 Å². The molecule has 120 valence electrons. The largest absolute Gasteiger partial charge is 0.392 e. The van der Waals surface area contributed by atoms with Gasteiger partial charge < -0.3 is 10.0 Å². The Labute approximate surface area is 133 Å². The summed E-state index contributed by atoms with van der Waals surface area (Å²) in [6, 6.07) is 8.80. The van der Waals surface area contributed by atoms with Crippen LogP contribution in [0.4, 0.5) is 0 Å². The SMILES string of the molecule is CN(C)Cc1ccc(C2CCC(O)C(C(=O)C3CC3)C2)cc1. The van der Waals surface area contributed by atoms with E-state index in [4.69, 9.17) is 0 Å². The van der Waals surface area contributed by atoms with Crippen LogP contribution in [0.3, 0.4) is 0 Å². The zero-order valence-corrected chi connectivity index (χ0v) is 13.7. The lowest BCUT2D eigenvalue weighted by atomic mass is 9.74. The van der Waals surface area contributed by atoms with Gasteiger partial charge in [-0.2, -0.15) is 0 Å². The van der Waals surface area contributed by atoms with Crippen LogP contribution in [-0.2, 0) is 11.3 Å². The molecule has 0 aromatic heterocycles. The highest BCUT2D eigenvalue weighted by molar-refractivity contribution is 5.86. The number of hydrogen-bond acceptors (Lipinski definition) is 3. The molecule has 0 radical (unpaired) electrons. The first-order valence-electron chi connectivity index (χ1n) is 8.50. The normalized spacial score (nSPS) is 28.8. The van der Waals surface area contributed by atoms with Crippen molar-refractivity contribution in [3.8, 4) is 0 Å². The molecular weight excluding hydrogens is 274 g/mol. The third-order valence-electron chi connectivity index (χ3n) is 5.11. The second-order valence-electron chi connectivity index (χ2n) is 7.34. The number of hydrogen-bond donors (Lipinski definition) is 1. The third kappa shape index (κ3) is 3.58. The molecule has 3 rings (SSSR count). The predicted molar refractivity (Wildman–Crippen MR) is 87.7 cm³/mol. The second kappa shape index (κ2) is 6.51. The molecule has 2 aliphatic rings. The maximum absolute atomic E-state index is 12.4. The highest BCUT2D eigenvalue weighted by Crippen LogP contribution is 2.41. The second-order valence-corrected chi connectivity index (χ2v) is 7.34. The van der Waals surface area contributed by atoms with E-state index in [1.54, 1.807) is 0 Å². The fraction of sp³-hybridized carbons (Fsp3) is 0.632. The van der Waals surface area contributed by atoms with Crippen molar-refractivity contribution in [1.82, 2.24) is 4.90 Å². The molecule has 1 aromatic carbocycles. The summed E-state index contributed by atoms with van der Waals surface area (Å²) < 4.78 is 0. The average Bonchev–Trinajstić information content (AvgIpc) is 3.32. The van der Waals surface area contributed by atoms with Gasteiger partial charge in [0.05, 0.1) is 6.10 Å². The lowest BCUT2D eigenvalue weighted by Crippen LogP contribution is -2.35. The Morgan fingerprint density at radius 2 is 1.82 bits per heavy atom. The van der Waals surface area contributed by atoms with E-state index in [2.05, 4.69) is 43.3 Å². The van der Waals surface area contributed by atoms with E-state index >= 15 is 0 Å². The van der Waals surface area contributed by atoms with Crippen molar-refractivity contribution in [1.29, 1.82) is 0 Å². The molecule has 2 aliphatic carbocycles. The smallest absolute Gasteiger partial charge is 0.141 e. The van der Waals surface area contributed by atoms with E-state index in [0.29, 0.717) is 11.7 Å². The quantitative estimate of drug-likeness (QED) is 0.909. The first-order chi connectivity index (χ1) is 10.5. The summed E-state index contributed by atoms with van der Waals surface area (Å²) in [5.41, 5.74) is 2.64. The summed E-state index contributed by atoms with van der Waals surface area (Å²) in [5, 5.41) is 10.2. The average molecular weight is 301 g/mol. The first kappa shape index (κ1) is 15.7. The molecule has 22 heavy (non-hydrogen) atoms. The number of aliphatic hydroxyl groups excluding tert-OH is 1. The Morgan fingerprint density at radius 3 is 2.41 bits per heavy atom. The zero-order valence-electron chi connectivity index (χ0n) is 13.7. The Hall–Kier alpha value is -1.19. The molecule has 1 aromatic rings. The summed E-state index contributed by atoms with van der Waals surface area (Å²) in [4.78, 5) is 14.5. The van der Waals surface area contributed by atoms with Gasteiger partial charge in [0.2, 0.25) is 0 Å². The third-order valence-corrected chi connectivity index (χ3v) is 5.11. The minimum Gasteiger partial charge on any atom is -0.392 e. The van der Waals surface area contributed by atoms with Crippen molar-refractivity contribution < 1.29 is 9.90 Å². The zero-order chi connectivity index (χ0) is 15.7. The molecule has 0 spiro atoms. The van der Waals surface area contributed by atoms with E-state index < -0.39 is 6.10 Å². The molecule has 3 heteroatoms. The number of rotatable bonds is 5. The molecule has 2 saturated carbocycles. The number of aliphatic hydroxyl groups is 1. The van der Waals surface area contributed by atoms with E-state index in [-0.39, 0.29) is 11.8 Å². The number of ketones is 1. The van der Waals surface area contributed by atoms with Gasteiger partial charge in [-0.3, -0.25) is 4.79 Å². The van der Waals surface area contributed by atoms with Gasteiger partial charge in [0.1, 0.15) is 5.78 Å². The molecule has 0 saturated heterocycles. The van der Waals surface area contributed by atoms with Crippen LogP contribution in [0.2, 0.25) is 0 Å². The summed E-state index contributed by atoms with van der Waals surface area (Å²) in [5.74, 6) is 0.861. The van der Waals surface area contributed by atoms with E-state index in [1.165, 1.54) is 11.1 Å². The summed E-state index contributed by atoms with van der Waals surface area (Å²) >= 11 is 0. The Morgan fingerprint density at radius 1 is 1.14 bits per heavy atom. The van der Waals surface area contributed by atoms with Crippen molar-refractivity contribution in [2.45, 2.75) is 50.7 Å². The van der Waals surface area contributed by atoms with Crippen LogP contribution in [0.1, 0.15) is 49.1 Å². The van der Waals surface area contributed by atoms with Gasteiger partial charge in [0.25, 0.3) is 0 Å². The topological polar surface area (TPSA) is 40.5 Å². The summed E-state index contributed by atoms with van der Waals surface area (Å²) in [6.45, 7) is 0.951. The van der Waals surface area contributed by atoms with Gasteiger partial charge in [0.15, 0.2) is 0 Å². The number of Topliss-reactive ketones (excluding diaryl/α,β-unsaturated/α-hetero) is 1. The van der Waals surface area contributed by atoms with Crippen LogP contribution in [0, 0.1) is 11.8 Å². The molecule has 0 heterocycles. The van der Waals surface area contributed by atoms with Crippen molar-refractivity contribution >= 4 is 5.78 Å². The first-order valence-corrected chi connectivity index (χ1v) is 8.50. The highest BCUT2D eigenvalue weighted by atomic mass is 16.3. The minimum atomic E-state index is -0.419. The summed E-state index contributed by atoms with van der Waals surface area (Å²) in [6.07, 6.45) is 4.22. The molecule has 3 atom stereocenters. The van der Waals surface area contributed by atoms with Gasteiger partial charge in [-0.05, 0) is 63.2 Å². The van der Waals surface area contributed by atoms with Crippen LogP contribution in [-0.4, -0.2) is 36.0 Å². The molecule has 0 bridgehead atoms. The van der Waals surface area contributed by atoms with Crippen LogP contribution in [0.5, 0.6) is 0 Å². The number of carbonyl (C=O) groups is 1. The molecule has 1 N–H and O–H groups in total. The van der Waals surface area contributed by atoms with Gasteiger partial charge in [-0.15, -0.1) is 0 Å². The maximum atomic E-state index is 12.4. The number of carbonyl (C=O) groups excluding carboxylic acids is 1. The van der Waals surface area contributed by atoms with Gasteiger partial charge in [-0.1, -0.05) is 24.3 Å². The lowest BCUT2D eigenvalue weighted by Gasteiger charge is -2.33. The Balaban J connectivity index is 1.67. The lowest BCUT2D eigenvalue weighted by molar-refractivity contribution is -0.129. The number of nitrogens with zero attached hydrogens (tertiary/aromatic N) is 1. The standard InChI is InChI=1S/C19H27NO2/c1-20(2)12-13-3-5-14(6-4-13)16-9-10-18(21)17(11-16)19(22)15-7-8-15/h3-6,15-18,21H,7-12H2,1-2H3. The molecule has 2 fully saturated rings. The fourth-order valence-corrected chi connectivity index (χ4v) is 3.69. The molecule has 3 nitrogen and oxygen atoms in total. The van der Waals surface area contributed by atoms with Crippen LogP contribution < -0.4 is 0 Å². The Kier molecular flexibility index (Phi) is 4.65. The van der Waals surface area contributed by atoms with Gasteiger partial charge in [-0.25, -0.2) is 0 Å². The Bertz CT molecular complexity index is 519. The minimum absolute atomic E-state index is 0.132. The fourth-order valence-electron chi connectivity index (χ4n) is 3.69. The molecule has 3 unspecified atom stereocenters. The monoisotopic (exact) mass is 301 g/mol. The van der Waals surface area contributed by atoms with Crippen molar-refractivity contribution in [2.75, 3.05) is 14.1 Å². The van der Waals surface area contributed by atoms with Crippen LogP contribution >= 0.6 is 0 Å². The van der Waals surface area contributed by atoms with Crippen molar-refractivity contribution in [3.63, 3.8) is 0 Å². The van der Waals surface area contributed by atoms with E-state index in [1.807, 2.05) is 0 Å². The molecule has 0 amide bonds. The summed E-state index contributed by atoms with van der Waals surface area (Å²) in [7, 11) is 4.15. The van der Waals surface area contributed by atoms with Gasteiger partial charge in [0, 0.05) is 18.4 Å². The molecular formula is C19H27NO2. The maximum Gasteiger partial charge on any atom is 0.141 e. The van der Waals surface area contributed by atoms with E-state index in [9.17, 15) is 9.90 Å². The van der Waals surface area contributed by atoms with Crippen molar-refractivity contribution in [2.24, 2.45) is 11.8 Å². The predicted octanol–water partition coefficient (Wildman–Crippen LogP) is 2.97. The van der Waals surface area contributed by atoms with Crippen LogP contribution in [0.25, 0.3) is 0 Å². The van der Waals surface area contributed by atoms with Gasteiger partial charge >= 0.3 is 0 Å². The van der Waals surface area contributed by atoms with Crippen LogP contribution in [0.15, 0.2) is 24.3 Å². The highest BCUT2D eigenvalue weighted by Gasteiger charge is 2.41. The van der Waals surface area contributed by atoms with Crippen molar-refractivity contribution in [3.05, 3.63) is 35.4 Å². The molecule has 0 aliphatic heterocycles.